The van der Waals surface area contributed by atoms with Gasteiger partial charge in [-0.05, 0) is 35.1 Å². The van der Waals surface area contributed by atoms with Gasteiger partial charge in [0.2, 0.25) is 0 Å². The lowest BCUT2D eigenvalue weighted by Crippen LogP contribution is -1.78. The van der Waals surface area contributed by atoms with Crippen molar-refractivity contribution in [2.24, 2.45) is 0 Å². The molecule has 0 radical (unpaired) electrons. The van der Waals surface area contributed by atoms with E-state index in [0.717, 1.165) is 5.57 Å². The normalized spacial score (nSPS) is 7.67. The van der Waals surface area contributed by atoms with E-state index >= 15 is 0 Å². The van der Waals surface area contributed by atoms with Gasteiger partial charge in [-0.15, -0.1) is 0 Å². The van der Waals surface area contributed by atoms with E-state index < -0.39 is 0 Å². The van der Waals surface area contributed by atoms with Gasteiger partial charge in [-0.1, -0.05) is 6.58 Å². The molecule has 0 aliphatic carbocycles. The molecule has 0 saturated carbocycles. The Morgan fingerprint density at radius 1 is 1.83 bits per heavy atom. The summed E-state index contributed by atoms with van der Waals surface area (Å²) in [7, 11) is 0. The zero-order valence-corrected chi connectivity index (χ0v) is 5.74. The van der Waals surface area contributed by atoms with Crippen molar-refractivity contribution in [2.45, 2.75) is 6.92 Å². The summed E-state index contributed by atoms with van der Waals surface area (Å²) >= 11 is 1.92. The summed E-state index contributed by atoms with van der Waals surface area (Å²) in [5, 5.41) is 6.84. The topological polar surface area (TPSA) is 23.9 Å². The third-order valence-electron chi connectivity index (χ3n) is 0.375. The van der Waals surface area contributed by atoms with Gasteiger partial charge in [0.1, 0.15) is 0 Å². The Balaban J connectivity index is 3.57. The van der Waals surface area contributed by atoms with Crippen LogP contribution in [0.3, 0.4) is 0 Å². The molecule has 0 heterocycles. The van der Waals surface area contributed by atoms with Crippen LogP contribution in [-0.4, -0.2) is 3.72 Å². The van der Waals surface area contributed by atoms with Crippen LogP contribution in [0, 0.1) is 5.41 Å². The average molecular weight is 195 g/mol. The Kier molecular flexibility index (Phi) is 2.39. The molecule has 0 aliphatic heterocycles. The molecule has 0 rings (SSSR count). The van der Waals surface area contributed by atoms with Crippen LogP contribution >= 0.6 is 22.6 Å². The molecule has 34 valence electrons. The lowest BCUT2D eigenvalue weighted by molar-refractivity contribution is 1.51. The van der Waals surface area contributed by atoms with E-state index in [1.54, 1.807) is 0 Å². The molecule has 6 heavy (non-hydrogen) atoms. The van der Waals surface area contributed by atoms with Gasteiger partial charge < -0.3 is 0 Å². The number of hydrogen-bond acceptors (Lipinski definition) is 1. The van der Waals surface area contributed by atoms with Crippen LogP contribution in [0.5, 0.6) is 0 Å². The first kappa shape index (κ1) is 6.14. The van der Waals surface area contributed by atoms with Crippen molar-refractivity contribution < 1.29 is 0 Å². The molecule has 0 aromatic carbocycles. The maximum atomic E-state index is 6.84. The fourth-order valence-electron chi connectivity index (χ4n) is 0. The summed E-state index contributed by atoms with van der Waals surface area (Å²) in [6.07, 6.45) is 0. The second kappa shape index (κ2) is 2.34. The highest BCUT2D eigenvalue weighted by Gasteiger charge is 1.83. The molecule has 1 N–H and O–H groups in total. The lowest BCUT2D eigenvalue weighted by Gasteiger charge is -1.83. The van der Waals surface area contributed by atoms with E-state index in [2.05, 4.69) is 6.58 Å². The molecular weight excluding hydrogens is 189 g/mol. The molecule has 2 heteroatoms. The van der Waals surface area contributed by atoms with Crippen molar-refractivity contribution in [1.29, 1.82) is 5.41 Å². The summed E-state index contributed by atoms with van der Waals surface area (Å²) in [6.45, 7) is 5.34. The van der Waals surface area contributed by atoms with Crippen LogP contribution in [0.15, 0.2) is 12.2 Å². The summed E-state index contributed by atoms with van der Waals surface area (Å²) in [5.74, 6) is 0. The quantitative estimate of drug-likeness (QED) is 0.488. The first-order valence-corrected chi connectivity index (χ1v) is 2.62. The van der Waals surface area contributed by atoms with E-state index in [1.165, 1.54) is 0 Å². The van der Waals surface area contributed by atoms with Crippen LogP contribution < -0.4 is 0 Å². The van der Waals surface area contributed by atoms with Crippen molar-refractivity contribution in [3.8, 4) is 0 Å². The number of hydrogen-bond donors (Lipinski definition) is 1. The van der Waals surface area contributed by atoms with Crippen LogP contribution in [0.2, 0.25) is 0 Å². The second-order valence-electron chi connectivity index (χ2n) is 1.09. The van der Waals surface area contributed by atoms with Crippen molar-refractivity contribution in [3.05, 3.63) is 12.2 Å². The van der Waals surface area contributed by atoms with Gasteiger partial charge in [0.25, 0.3) is 0 Å². The van der Waals surface area contributed by atoms with Gasteiger partial charge in [0.05, 0.1) is 3.72 Å². The number of rotatable bonds is 1. The van der Waals surface area contributed by atoms with E-state index in [4.69, 9.17) is 5.41 Å². The Labute approximate surface area is 51.1 Å². The number of halogens is 1. The predicted molar refractivity (Wildman–Crippen MR) is 36.6 cm³/mol. The molecule has 0 spiro atoms. The molecule has 0 aliphatic rings. The molecule has 0 aromatic heterocycles. The molecule has 1 nitrogen and oxygen atoms in total. The summed E-state index contributed by atoms with van der Waals surface area (Å²) in [4.78, 5) is 0. The Bertz CT molecular complexity index is 73.5. The second-order valence-corrected chi connectivity index (χ2v) is 2.17. The van der Waals surface area contributed by atoms with Crippen LogP contribution in [0.25, 0.3) is 0 Å². The minimum atomic E-state index is 0.535. The maximum absolute atomic E-state index is 6.84. The molecule has 0 unspecified atom stereocenters. The van der Waals surface area contributed by atoms with Gasteiger partial charge >= 0.3 is 0 Å². The standard InChI is InChI=1S/C4H6IN/c1-3(2)4(5)6/h6H,1H2,2H3. The summed E-state index contributed by atoms with van der Waals surface area (Å²) in [6, 6.07) is 0. The van der Waals surface area contributed by atoms with Crippen molar-refractivity contribution in [1.82, 2.24) is 0 Å². The van der Waals surface area contributed by atoms with Crippen molar-refractivity contribution in [3.63, 3.8) is 0 Å². The van der Waals surface area contributed by atoms with Crippen LogP contribution in [0.4, 0.5) is 0 Å². The monoisotopic (exact) mass is 195 g/mol. The fraction of sp³-hybridized carbons (Fsp3) is 0.250. The van der Waals surface area contributed by atoms with E-state index in [-0.39, 0.29) is 0 Å². The van der Waals surface area contributed by atoms with E-state index in [0.29, 0.717) is 3.72 Å². The highest BCUT2D eigenvalue weighted by atomic mass is 127. The Hall–Kier alpha value is 0.140. The molecule has 0 atom stereocenters. The molecule has 0 amide bonds. The Morgan fingerprint density at radius 2 is 2.00 bits per heavy atom. The average Bonchev–Trinajstić information content (AvgIpc) is 1.36. The zero-order chi connectivity index (χ0) is 5.15. The molecule has 0 saturated heterocycles. The molecule has 0 fully saturated rings. The van der Waals surface area contributed by atoms with E-state index in [1.807, 2.05) is 29.5 Å². The highest BCUT2D eigenvalue weighted by molar-refractivity contribution is 14.1. The van der Waals surface area contributed by atoms with Gasteiger partial charge in [-0.25, -0.2) is 0 Å². The first-order valence-electron chi connectivity index (χ1n) is 1.54. The number of allylic oxidation sites excluding steroid dienone is 1. The molecule has 0 aromatic rings. The third-order valence-corrected chi connectivity index (χ3v) is 1.30. The van der Waals surface area contributed by atoms with Gasteiger partial charge in [-0.2, -0.15) is 0 Å². The Morgan fingerprint density at radius 3 is 2.00 bits per heavy atom. The minimum absolute atomic E-state index is 0.535. The lowest BCUT2D eigenvalue weighted by atomic mass is 10.4. The minimum Gasteiger partial charge on any atom is -0.294 e. The summed E-state index contributed by atoms with van der Waals surface area (Å²) < 4.78 is 0.535. The summed E-state index contributed by atoms with van der Waals surface area (Å²) in [5.41, 5.74) is 0.829. The van der Waals surface area contributed by atoms with Crippen molar-refractivity contribution in [2.75, 3.05) is 0 Å². The molecular formula is C4H6IN. The highest BCUT2D eigenvalue weighted by Crippen LogP contribution is 1.96. The SMILES string of the molecule is C=C(C)C(=N)I. The molecule has 0 bridgehead atoms. The smallest absolute Gasteiger partial charge is 0.0942 e. The zero-order valence-electron chi connectivity index (χ0n) is 3.59. The van der Waals surface area contributed by atoms with Gasteiger partial charge in [0.15, 0.2) is 0 Å². The fourth-order valence-corrected chi connectivity index (χ4v) is 0. The van der Waals surface area contributed by atoms with Gasteiger partial charge in [-0.3, -0.25) is 5.41 Å². The maximum Gasteiger partial charge on any atom is 0.0942 e. The van der Waals surface area contributed by atoms with Crippen molar-refractivity contribution >= 4 is 26.3 Å². The predicted octanol–water partition coefficient (Wildman–Crippen LogP) is 1.97. The largest absolute Gasteiger partial charge is 0.294 e. The first-order chi connectivity index (χ1) is 2.64. The van der Waals surface area contributed by atoms with E-state index in [9.17, 15) is 0 Å². The third kappa shape index (κ3) is 2.38. The van der Waals surface area contributed by atoms with Crippen LogP contribution in [-0.2, 0) is 0 Å². The number of nitrogens with one attached hydrogen (secondary N) is 1. The van der Waals surface area contributed by atoms with Crippen LogP contribution in [0.1, 0.15) is 6.92 Å². The van der Waals surface area contributed by atoms with Gasteiger partial charge in [0, 0.05) is 0 Å².